The van der Waals surface area contributed by atoms with Crippen molar-refractivity contribution >= 4 is 45.8 Å². The van der Waals surface area contributed by atoms with E-state index in [0.717, 1.165) is 29.5 Å². The van der Waals surface area contributed by atoms with Gasteiger partial charge in [0.2, 0.25) is 5.91 Å². The molecule has 6 heteroatoms. The number of halogens is 2. The minimum Gasteiger partial charge on any atom is -0.368 e. The van der Waals surface area contributed by atoms with E-state index in [-0.39, 0.29) is 18.6 Å². The lowest BCUT2D eigenvalue weighted by atomic mass is 10.1. The molecule has 0 aromatic heterocycles. The molecule has 1 aliphatic heterocycles. The van der Waals surface area contributed by atoms with Crippen LogP contribution in [-0.4, -0.2) is 31.7 Å². The van der Waals surface area contributed by atoms with Crippen LogP contribution in [0.15, 0.2) is 18.2 Å². The van der Waals surface area contributed by atoms with Crippen molar-refractivity contribution in [1.82, 2.24) is 5.32 Å². The maximum Gasteiger partial charge on any atom is 0.250 e. The Bertz CT molecular complexity index is 450. The molecule has 1 heterocycles. The average molecular weight is 395 g/mol. The first-order valence-electron chi connectivity index (χ1n) is 6.22. The monoisotopic (exact) mass is 394 g/mol. The number of ether oxygens (including phenoxy) is 1. The zero-order valence-corrected chi connectivity index (χ0v) is 13.3. The SMILES string of the molecule is O=C(COC1CCNCC1)Nc1ccc(I)cc1Cl. The molecule has 0 spiro atoms. The van der Waals surface area contributed by atoms with Crippen molar-refractivity contribution in [2.45, 2.75) is 18.9 Å². The number of carbonyl (C=O) groups is 1. The van der Waals surface area contributed by atoms with Gasteiger partial charge >= 0.3 is 0 Å². The third kappa shape index (κ3) is 4.91. The van der Waals surface area contributed by atoms with Crippen LogP contribution in [-0.2, 0) is 9.53 Å². The zero-order valence-electron chi connectivity index (χ0n) is 10.4. The van der Waals surface area contributed by atoms with Crippen molar-refractivity contribution < 1.29 is 9.53 Å². The summed E-state index contributed by atoms with van der Waals surface area (Å²) >= 11 is 8.23. The second-order valence-electron chi connectivity index (χ2n) is 4.43. The Balaban J connectivity index is 1.80. The Morgan fingerprint density at radius 3 is 2.89 bits per heavy atom. The minimum atomic E-state index is -0.165. The summed E-state index contributed by atoms with van der Waals surface area (Å²) in [5.74, 6) is -0.165. The van der Waals surface area contributed by atoms with Gasteiger partial charge in [-0.2, -0.15) is 0 Å². The largest absolute Gasteiger partial charge is 0.368 e. The molecule has 2 rings (SSSR count). The molecule has 0 unspecified atom stereocenters. The van der Waals surface area contributed by atoms with Crippen LogP contribution in [0.2, 0.25) is 5.02 Å². The first kappa shape index (κ1) is 15.0. The first-order chi connectivity index (χ1) is 9.15. The van der Waals surface area contributed by atoms with Gasteiger partial charge in [0.1, 0.15) is 6.61 Å². The van der Waals surface area contributed by atoms with Crippen molar-refractivity contribution in [1.29, 1.82) is 0 Å². The highest BCUT2D eigenvalue weighted by Crippen LogP contribution is 2.23. The van der Waals surface area contributed by atoms with Gasteiger partial charge in [0.25, 0.3) is 0 Å². The van der Waals surface area contributed by atoms with Gasteiger partial charge < -0.3 is 15.4 Å². The lowest BCUT2D eigenvalue weighted by Gasteiger charge is -2.22. The topological polar surface area (TPSA) is 50.4 Å². The fourth-order valence-electron chi connectivity index (χ4n) is 1.93. The number of hydrogen-bond donors (Lipinski definition) is 2. The number of benzene rings is 1. The van der Waals surface area contributed by atoms with Crippen LogP contribution in [0, 0.1) is 3.57 Å². The number of rotatable bonds is 4. The second kappa shape index (κ2) is 7.42. The summed E-state index contributed by atoms with van der Waals surface area (Å²) < 4.78 is 6.62. The summed E-state index contributed by atoms with van der Waals surface area (Å²) in [6, 6.07) is 5.51. The molecule has 1 aliphatic rings. The number of amides is 1. The summed E-state index contributed by atoms with van der Waals surface area (Å²) in [5, 5.41) is 6.56. The quantitative estimate of drug-likeness (QED) is 0.772. The van der Waals surface area contributed by atoms with E-state index in [1.807, 2.05) is 12.1 Å². The maximum absolute atomic E-state index is 11.8. The van der Waals surface area contributed by atoms with Gasteiger partial charge in [0.05, 0.1) is 16.8 Å². The highest BCUT2D eigenvalue weighted by molar-refractivity contribution is 14.1. The van der Waals surface area contributed by atoms with Crippen molar-refractivity contribution in [3.8, 4) is 0 Å². The molecule has 104 valence electrons. The number of nitrogens with one attached hydrogen (secondary N) is 2. The molecule has 19 heavy (non-hydrogen) atoms. The molecular weight excluding hydrogens is 379 g/mol. The van der Waals surface area contributed by atoms with Crippen LogP contribution in [0.4, 0.5) is 5.69 Å². The van der Waals surface area contributed by atoms with Gasteiger partial charge in [-0.05, 0) is 66.7 Å². The van der Waals surface area contributed by atoms with Crippen LogP contribution >= 0.6 is 34.2 Å². The van der Waals surface area contributed by atoms with Gasteiger partial charge in [-0.1, -0.05) is 11.6 Å². The molecule has 0 saturated carbocycles. The number of anilines is 1. The van der Waals surface area contributed by atoms with E-state index < -0.39 is 0 Å². The Labute approximate surface area is 131 Å². The first-order valence-corrected chi connectivity index (χ1v) is 7.68. The Hall–Kier alpha value is -0.370. The van der Waals surface area contributed by atoms with Crippen LogP contribution in [0.1, 0.15) is 12.8 Å². The Kier molecular flexibility index (Phi) is 5.87. The smallest absolute Gasteiger partial charge is 0.250 e. The number of piperidine rings is 1. The molecule has 0 atom stereocenters. The van der Waals surface area contributed by atoms with Crippen molar-refractivity contribution in [3.05, 3.63) is 26.8 Å². The van der Waals surface area contributed by atoms with Gasteiger partial charge in [-0.15, -0.1) is 0 Å². The van der Waals surface area contributed by atoms with Crippen LogP contribution in [0.25, 0.3) is 0 Å². The fourth-order valence-corrected chi connectivity index (χ4v) is 2.84. The minimum absolute atomic E-state index is 0.0764. The molecule has 1 fully saturated rings. The highest BCUT2D eigenvalue weighted by atomic mass is 127. The molecule has 0 bridgehead atoms. The van der Waals surface area contributed by atoms with Crippen LogP contribution < -0.4 is 10.6 Å². The number of hydrogen-bond acceptors (Lipinski definition) is 3. The van der Waals surface area contributed by atoms with Gasteiger partial charge in [0.15, 0.2) is 0 Å². The van der Waals surface area contributed by atoms with Gasteiger partial charge in [-0.25, -0.2) is 0 Å². The highest BCUT2D eigenvalue weighted by Gasteiger charge is 2.15. The van der Waals surface area contributed by atoms with Crippen molar-refractivity contribution in [2.24, 2.45) is 0 Å². The summed E-state index contributed by atoms with van der Waals surface area (Å²) in [5.41, 5.74) is 0.626. The van der Waals surface area contributed by atoms with E-state index in [9.17, 15) is 4.79 Å². The summed E-state index contributed by atoms with van der Waals surface area (Å²) in [4.78, 5) is 11.8. The van der Waals surface area contributed by atoms with E-state index in [1.165, 1.54) is 0 Å². The van der Waals surface area contributed by atoms with Crippen molar-refractivity contribution in [2.75, 3.05) is 25.0 Å². The lowest BCUT2D eigenvalue weighted by molar-refractivity contribution is -0.123. The maximum atomic E-state index is 11.8. The molecular formula is C13H16ClIN2O2. The van der Waals surface area contributed by atoms with E-state index in [4.69, 9.17) is 16.3 Å². The molecule has 4 nitrogen and oxygen atoms in total. The molecule has 0 radical (unpaired) electrons. The Morgan fingerprint density at radius 1 is 1.47 bits per heavy atom. The Morgan fingerprint density at radius 2 is 2.21 bits per heavy atom. The standard InChI is InChI=1S/C13H16ClIN2O2/c14-11-7-9(15)1-2-12(11)17-13(18)8-19-10-3-5-16-6-4-10/h1-2,7,10,16H,3-6,8H2,(H,17,18). The summed E-state index contributed by atoms with van der Waals surface area (Å²) in [6.45, 7) is 1.98. The van der Waals surface area contributed by atoms with E-state index in [1.54, 1.807) is 6.07 Å². The molecule has 1 aromatic rings. The molecule has 1 amide bonds. The molecule has 2 N–H and O–H groups in total. The van der Waals surface area contributed by atoms with Gasteiger partial charge in [-0.3, -0.25) is 4.79 Å². The summed E-state index contributed by atoms with van der Waals surface area (Å²) in [6.07, 6.45) is 2.09. The molecule has 0 aliphatic carbocycles. The summed E-state index contributed by atoms with van der Waals surface area (Å²) in [7, 11) is 0. The third-order valence-corrected chi connectivity index (χ3v) is 3.93. The van der Waals surface area contributed by atoms with E-state index in [2.05, 4.69) is 33.2 Å². The number of carbonyl (C=O) groups excluding carboxylic acids is 1. The normalized spacial score (nSPS) is 16.3. The zero-order chi connectivity index (χ0) is 13.7. The second-order valence-corrected chi connectivity index (χ2v) is 6.09. The van der Waals surface area contributed by atoms with Gasteiger partial charge in [0, 0.05) is 3.57 Å². The van der Waals surface area contributed by atoms with Crippen LogP contribution in [0.5, 0.6) is 0 Å². The van der Waals surface area contributed by atoms with Crippen molar-refractivity contribution in [3.63, 3.8) is 0 Å². The molecule has 1 aromatic carbocycles. The predicted molar refractivity (Wildman–Crippen MR) is 84.6 cm³/mol. The fraction of sp³-hybridized carbons (Fsp3) is 0.462. The molecule has 1 saturated heterocycles. The third-order valence-electron chi connectivity index (χ3n) is 2.94. The van der Waals surface area contributed by atoms with E-state index in [0.29, 0.717) is 10.7 Å². The van der Waals surface area contributed by atoms with Crippen LogP contribution in [0.3, 0.4) is 0 Å². The predicted octanol–water partition coefficient (Wildman–Crippen LogP) is 2.65. The van der Waals surface area contributed by atoms with E-state index >= 15 is 0 Å². The average Bonchev–Trinajstić information content (AvgIpc) is 2.41. The lowest BCUT2D eigenvalue weighted by Crippen LogP contribution is -2.34.